The summed E-state index contributed by atoms with van der Waals surface area (Å²) in [6, 6.07) is 6.73. The summed E-state index contributed by atoms with van der Waals surface area (Å²) in [4.78, 5) is 13.9. The minimum absolute atomic E-state index is 0.00972. The molecule has 7 nitrogen and oxygen atoms in total. The molecule has 2 aliphatic rings. The summed E-state index contributed by atoms with van der Waals surface area (Å²) in [5.41, 5.74) is 0.309. The number of aryl methyl sites for hydroxylation is 1. The Kier molecular flexibility index (Phi) is 5.76. The van der Waals surface area contributed by atoms with Crippen molar-refractivity contribution in [1.82, 2.24) is 4.90 Å². The topological polar surface area (TPSA) is 82.1 Å². The maximum atomic E-state index is 12.2. The van der Waals surface area contributed by atoms with Gasteiger partial charge in [-0.2, -0.15) is 8.42 Å². The van der Waals surface area contributed by atoms with Crippen LogP contribution in [0.5, 0.6) is 0 Å². The van der Waals surface area contributed by atoms with E-state index in [0.717, 1.165) is 12.8 Å². The van der Waals surface area contributed by atoms with Crippen molar-refractivity contribution >= 4 is 16.2 Å². The third-order valence-electron chi connectivity index (χ3n) is 5.06. The lowest BCUT2D eigenvalue weighted by Gasteiger charge is -2.58. The Morgan fingerprint density at radius 3 is 2.43 bits per heavy atom. The third-order valence-corrected chi connectivity index (χ3v) is 6.54. The van der Waals surface area contributed by atoms with Gasteiger partial charge in [-0.05, 0) is 52.2 Å². The number of carbonyl (C=O) groups excluding carboxylic acids is 1. The highest BCUT2D eigenvalue weighted by Crippen LogP contribution is 2.49. The van der Waals surface area contributed by atoms with Gasteiger partial charge in [-0.15, -0.1) is 0 Å². The van der Waals surface area contributed by atoms with Crippen molar-refractivity contribution in [2.24, 2.45) is 5.41 Å². The molecule has 1 amide bonds. The van der Waals surface area contributed by atoms with E-state index in [2.05, 4.69) is 0 Å². The van der Waals surface area contributed by atoms with Crippen molar-refractivity contribution in [3.05, 3.63) is 29.8 Å². The Morgan fingerprint density at radius 2 is 1.82 bits per heavy atom. The molecule has 8 heteroatoms. The molecule has 0 bridgehead atoms. The Morgan fingerprint density at radius 1 is 1.18 bits per heavy atom. The fourth-order valence-corrected chi connectivity index (χ4v) is 4.88. The lowest BCUT2D eigenvalue weighted by molar-refractivity contribution is -0.148. The number of nitrogens with zero attached hydrogens (tertiary/aromatic N) is 1. The van der Waals surface area contributed by atoms with Crippen LogP contribution < -0.4 is 0 Å². The minimum Gasteiger partial charge on any atom is -0.444 e. The van der Waals surface area contributed by atoms with Crippen molar-refractivity contribution in [1.29, 1.82) is 0 Å². The predicted octanol–water partition coefficient (Wildman–Crippen LogP) is 3.12. The van der Waals surface area contributed by atoms with Crippen molar-refractivity contribution < 1.29 is 26.9 Å². The largest absolute Gasteiger partial charge is 0.444 e. The van der Waals surface area contributed by atoms with E-state index >= 15 is 0 Å². The normalized spacial score (nSPS) is 19.2. The number of ether oxygens (including phenoxy) is 2. The second-order valence-electron chi connectivity index (χ2n) is 8.78. The molecule has 1 aromatic carbocycles. The second kappa shape index (κ2) is 7.65. The standard InChI is InChI=1S/C20H29NO6S/c1-15-7-5-6-8-17(15)28(23,24)26-10-9-25-16-11-20(12-16)13-21(14-20)18(22)27-19(2,3)4/h5-8,16H,9-14H2,1-4H3. The van der Waals surface area contributed by atoms with Gasteiger partial charge in [0.25, 0.3) is 10.1 Å². The SMILES string of the molecule is Cc1ccccc1S(=O)(=O)OCCOC1CC2(C1)CN(C(=O)OC(C)(C)C)C2. The Hall–Kier alpha value is -1.64. The van der Waals surface area contributed by atoms with E-state index in [1.54, 1.807) is 30.0 Å². The van der Waals surface area contributed by atoms with Gasteiger partial charge in [0.05, 0.1) is 24.2 Å². The van der Waals surface area contributed by atoms with E-state index in [9.17, 15) is 13.2 Å². The first-order chi connectivity index (χ1) is 13.0. The molecule has 0 aromatic heterocycles. The van der Waals surface area contributed by atoms with Crippen molar-refractivity contribution in [3.8, 4) is 0 Å². The summed E-state index contributed by atoms with van der Waals surface area (Å²) in [5, 5.41) is 0. The van der Waals surface area contributed by atoms with Crippen LogP contribution in [0, 0.1) is 12.3 Å². The van der Waals surface area contributed by atoms with Gasteiger partial charge >= 0.3 is 6.09 Å². The first kappa shape index (κ1) is 21.1. The van der Waals surface area contributed by atoms with Gasteiger partial charge in [0, 0.05) is 18.5 Å². The summed E-state index contributed by atoms with van der Waals surface area (Å²) in [5.74, 6) is 0. The molecule has 28 heavy (non-hydrogen) atoms. The van der Waals surface area contributed by atoms with Crippen LogP contribution in [0.3, 0.4) is 0 Å². The van der Waals surface area contributed by atoms with Crippen LogP contribution in [0.1, 0.15) is 39.2 Å². The molecule has 0 unspecified atom stereocenters. The first-order valence-electron chi connectivity index (χ1n) is 9.54. The number of likely N-dealkylation sites (tertiary alicyclic amines) is 1. The molecule has 1 spiro atoms. The monoisotopic (exact) mass is 411 g/mol. The Balaban J connectivity index is 1.34. The molecule has 156 valence electrons. The van der Waals surface area contributed by atoms with Gasteiger partial charge in [0.2, 0.25) is 0 Å². The third kappa shape index (κ3) is 4.85. The van der Waals surface area contributed by atoms with E-state index in [1.807, 2.05) is 20.8 Å². The molecule has 1 heterocycles. The zero-order valence-electron chi connectivity index (χ0n) is 16.9. The number of amides is 1. The van der Waals surface area contributed by atoms with E-state index in [-0.39, 0.29) is 35.7 Å². The minimum atomic E-state index is -3.76. The Bertz CT molecular complexity index is 815. The maximum Gasteiger partial charge on any atom is 0.410 e. The number of carbonyl (C=O) groups is 1. The molecule has 3 rings (SSSR count). The van der Waals surface area contributed by atoms with E-state index in [4.69, 9.17) is 13.7 Å². The van der Waals surface area contributed by atoms with Crippen molar-refractivity contribution in [2.75, 3.05) is 26.3 Å². The highest BCUT2D eigenvalue weighted by molar-refractivity contribution is 7.86. The van der Waals surface area contributed by atoms with Gasteiger partial charge in [-0.1, -0.05) is 18.2 Å². The quantitative estimate of drug-likeness (QED) is 0.528. The van der Waals surface area contributed by atoms with Crippen molar-refractivity contribution in [2.45, 2.75) is 57.1 Å². The molecule has 1 aliphatic heterocycles. The fourth-order valence-electron chi connectivity index (χ4n) is 3.76. The van der Waals surface area contributed by atoms with Crippen molar-refractivity contribution in [3.63, 3.8) is 0 Å². The molecule has 0 N–H and O–H groups in total. The summed E-state index contributed by atoms with van der Waals surface area (Å²) in [6.07, 6.45) is 1.57. The molecular weight excluding hydrogens is 382 g/mol. The molecule has 1 aliphatic carbocycles. The summed E-state index contributed by atoms with van der Waals surface area (Å²) in [7, 11) is -3.76. The smallest absolute Gasteiger partial charge is 0.410 e. The molecule has 1 saturated carbocycles. The highest BCUT2D eigenvalue weighted by Gasteiger charge is 2.54. The van der Waals surface area contributed by atoms with Gasteiger partial charge in [-0.3, -0.25) is 4.18 Å². The average Bonchev–Trinajstić information content (AvgIpc) is 2.49. The molecule has 0 radical (unpaired) electrons. The highest BCUT2D eigenvalue weighted by atomic mass is 32.2. The van der Waals surface area contributed by atoms with Crippen LogP contribution in [0.15, 0.2) is 29.2 Å². The van der Waals surface area contributed by atoms with Gasteiger partial charge in [0.1, 0.15) is 5.60 Å². The number of benzene rings is 1. The Labute approximate surface area is 167 Å². The number of rotatable bonds is 6. The zero-order valence-corrected chi connectivity index (χ0v) is 17.8. The summed E-state index contributed by atoms with van der Waals surface area (Å²) < 4.78 is 40.6. The number of hydrogen-bond acceptors (Lipinski definition) is 6. The van der Waals surface area contributed by atoms with Crippen LogP contribution >= 0.6 is 0 Å². The van der Waals surface area contributed by atoms with E-state index in [0.29, 0.717) is 18.7 Å². The van der Waals surface area contributed by atoms with Gasteiger partial charge in [0.15, 0.2) is 0 Å². The molecule has 1 saturated heterocycles. The first-order valence-corrected chi connectivity index (χ1v) is 11.0. The van der Waals surface area contributed by atoms with Gasteiger partial charge < -0.3 is 14.4 Å². The molecule has 0 atom stereocenters. The zero-order chi connectivity index (χ0) is 20.6. The van der Waals surface area contributed by atoms with Crippen LogP contribution in [-0.2, 0) is 23.8 Å². The molecule has 2 fully saturated rings. The lowest BCUT2D eigenvalue weighted by Crippen LogP contribution is -2.65. The lowest BCUT2D eigenvalue weighted by atomic mass is 9.62. The second-order valence-corrected chi connectivity index (χ2v) is 10.4. The molecule has 1 aromatic rings. The van der Waals surface area contributed by atoms with E-state index < -0.39 is 15.7 Å². The van der Waals surface area contributed by atoms with Crippen LogP contribution in [-0.4, -0.2) is 57.4 Å². The van der Waals surface area contributed by atoms with Crippen LogP contribution in [0.4, 0.5) is 4.79 Å². The van der Waals surface area contributed by atoms with E-state index in [1.165, 1.54) is 6.07 Å². The van der Waals surface area contributed by atoms with Crippen LogP contribution in [0.2, 0.25) is 0 Å². The number of hydrogen-bond donors (Lipinski definition) is 0. The predicted molar refractivity (Wildman–Crippen MR) is 104 cm³/mol. The fraction of sp³-hybridized carbons (Fsp3) is 0.650. The molecular formula is C20H29NO6S. The average molecular weight is 412 g/mol. The summed E-state index contributed by atoms with van der Waals surface area (Å²) >= 11 is 0. The van der Waals surface area contributed by atoms with Gasteiger partial charge in [-0.25, -0.2) is 4.79 Å². The van der Waals surface area contributed by atoms with Crippen LogP contribution in [0.25, 0.3) is 0 Å². The summed E-state index contributed by atoms with van der Waals surface area (Å²) in [6.45, 7) is 8.91. The maximum absolute atomic E-state index is 12.2.